The van der Waals surface area contributed by atoms with Gasteiger partial charge in [-0.15, -0.1) is 0 Å². The van der Waals surface area contributed by atoms with Crippen LogP contribution in [0, 0.1) is 23.4 Å². The number of nitrogens with one attached hydrogen (secondary N) is 3. The Morgan fingerprint density at radius 3 is 2.76 bits per heavy atom. The number of amides is 2. The van der Waals surface area contributed by atoms with Gasteiger partial charge in [-0.3, -0.25) is 0 Å². The van der Waals surface area contributed by atoms with Crippen molar-refractivity contribution in [1.82, 2.24) is 20.2 Å². The number of carbonyl (C=O) groups excluding carboxylic acids is 1. The molecule has 0 spiro atoms. The van der Waals surface area contributed by atoms with Crippen LogP contribution in [0.4, 0.5) is 29.6 Å². The number of aromatic nitrogens is 2. The monoisotopic (exact) mass is 474 g/mol. The minimum atomic E-state index is -0.777. The second-order valence-corrected chi connectivity index (χ2v) is 9.70. The molecule has 182 valence electrons. The zero-order valence-electron chi connectivity index (χ0n) is 19.1. The Bertz CT molecular complexity index is 1080. The molecular formula is C24H29F3N6O. The lowest BCUT2D eigenvalue weighted by molar-refractivity contribution is 0.198. The van der Waals surface area contributed by atoms with Crippen LogP contribution in [-0.2, 0) is 0 Å². The lowest BCUT2D eigenvalue weighted by Crippen LogP contribution is -2.47. The smallest absolute Gasteiger partial charge is 0.317 e. The maximum atomic E-state index is 14.7. The van der Waals surface area contributed by atoms with Crippen LogP contribution in [0.25, 0.3) is 0 Å². The Labute approximate surface area is 196 Å². The number of urea groups is 1. The molecule has 2 aromatic rings. The SMILES string of the molecule is CC1CCN(C(=O)NC2CCCC(Nc3nc(C4CNc5ncc(F)cc54)c(F)cc3F)C2)C1. The molecule has 2 fully saturated rings. The Kier molecular flexibility index (Phi) is 6.22. The molecule has 1 aliphatic carbocycles. The van der Waals surface area contributed by atoms with Crippen LogP contribution in [0.15, 0.2) is 18.3 Å². The molecule has 34 heavy (non-hydrogen) atoms. The van der Waals surface area contributed by atoms with Gasteiger partial charge in [-0.1, -0.05) is 6.92 Å². The molecule has 7 nitrogen and oxygen atoms in total. The molecule has 0 bridgehead atoms. The van der Waals surface area contributed by atoms with Crippen molar-refractivity contribution in [3.05, 3.63) is 47.0 Å². The maximum absolute atomic E-state index is 14.7. The first-order chi connectivity index (χ1) is 16.4. The lowest BCUT2D eigenvalue weighted by Gasteiger charge is -2.32. The number of rotatable bonds is 4. The van der Waals surface area contributed by atoms with Crippen LogP contribution < -0.4 is 16.0 Å². The summed E-state index contributed by atoms with van der Waals surface area (Å²) in [7, 11) is 0. The normalized spacial score (nSPS) is 26.2. The first-order valence-electron chi connectivity index (χ1n) is 11.9. The summed E-state index contributed by atoms with van der Waals surface area (Å²) in [5.41, 5.74) is 0.548. The van der Waals surface area contributed by atoms with E-state index < -0.39 is 23.4 Å². The average molecular weight is 475 g/mol. The largest absolute Gasteiger partial charge is 0.369 e. The molecule has 10 heteroatoms. The van der Waals surface area contributed by atoms with Crippen molar-refractivity contribution in [3.63, 3.8) is 0 Å². The van der Waals surface area contributed by atoms with Crippen LogP contribution in [0.1, 0.15) is 56.2 Å². The van der Waals surface area contributed by atoms with Crippen molar-refractivity contribution >= 4 is 17.7 Å². The van der Waals surface area contributed by atoms with Crippen molar-refractivity contribution in [3.8, 4) is 0 Å². The van der Waals surface area contributed by atoms with E-state index in [2.05, 4.69) is 32.8 Å². The highest BCUT2D eigenvalue weighted by Crippen LogP contribution is 2.36. The number of halogens is 3. The Balaban J connectivity index is 1.28. The van der Waals surface area contributed by atoms with Crippen LogP contribution in [0.2, 0.25) is 0 Å². The number of fused-ring (bicyclic) bond motifs is 1. The average Bonchev–Trinajstić information content (AvgIpc) is 3.42. The molecule has 1 saturated heterocycles. The summed E-state index contributed by atoms with van der Waals surface area (Å²) in [4.78, 5) is 22.7. The van der Waals surface area contributed by atoms with E-state index in [-0.39, 0.29) is 29.6 Å². The Morgan fingerprint density at radius 2 is 1.97 bits per heavy atom. The number of hydrogen-bond donors (Lipinski definition) is 3. The number of nitrogens with zero attached hydrogens (tertiary/aromatic N) is 3. The molecule has 4 atom stereocenters. The summed E-state index contributed by atoms with van der Waals surface area (Å²) < 4.78 is 43.1. The van der Waals surface area contributed by atoms with Gasteiger partial charge in [-0.05, 0) is 44.1 Å². The first-order valence-corrected chi connectivity index (χ1v) is 11.9. The fraction of sp³-hybridized carbons (Fsp3) is 0.542. The molecule has 2 amide bonds. The summed E-state index contributed by atoms with van der Waals surface area (Å²) in [6.07, 6.45) is 5.28. The molecule has 3 aliphatic rings. The quantitative estimate of drug-likeness (QED) is 0.618. The van der Waals surface area contributed by atoms with E-state index >= 15 is 0 Å². The minimum absolute atomic E-state index is 0.0161. The number of carbonyl (C=O) groups is 1. The molecule has 2 aliphatic heterocycles. The third kappa shape index (κ3) is 4.63. The van der Waals surface area contributed by atoms with Crippen molar-refractivity contribution in [2.24, 2.45) is 5.92 Å². The van der Waals surface area contributed by atoms with E-state index in [0.29, 0.717) is 30.3 Å². The number of pyridine rings is 2. The topological polar surface area (TPSA) is 82.2 Å². The van der Waals surface area contributed by atoms with E-state index in [9.17, 15) is 18.0 Å². The fourth-order valence-electron chi connectivity index (χ4n) is 5.28. The number of likely N-dealkylation sites (tertiary alicyclic amines) is 1. The number of anilines is 2. The van der Waals surface area contributed by atoms with Crippen molar-refractivity contribution < 1.29 is 18.0 Å². The summed E-state index contributed by atoms with van der Waals surface area (Å²) in [6, 6.07) is 1.96. The van der Waals surface area contributed by atoms with E-state index in [4.69, 9.17) is 0 Å². The third-order valence-electron chi connectivity index (χ3n) is 7.07. The van der Waals surface area contributed by atoms with E-state index in [1.807, 2.05) is 4.90 Å². The molecular weight excluding hydrogens is 445 g/mol. The van der Waals surface area contributed by atoms with E-state index in [0.717, 1.165) is 51.0 Å². The highest BCUT2D eigenvalue weighted by atomic mass is 19.1. The lowest BCUT2D eigenvalue weighted by atomic mass is 9.91. The summed E-state index contributed by atoms with van der Waals surface area (Å²) in [6.45, 7) is 3.98. The van der Waals surface area contributed by atoms with E-state index in [1.165, 1.54) is 6.07 Å². The van der Waals surface area contributed by atoms with Gasteiger partial charge < -0.3 is 20.9 Å². The second-order valence-electron chi connectivity index (χ2n) is 9.70. The second kappa shape index (κ2) is 9.31. The Hall–Kier alpha value is -3.04. The van der Waals surface area contributed by atoms with Crippen LogP contribution in [0.3, 0.4) is 0 Å². The molecule has 3 N–H and O–H groups in total. The molecule has 1 saturated carbocycles. The molecule has 0 radical (unpaired) electrons. The van der Waals surface area contributed by atoms with Gasteiger partial charge in [0.25, 0.3) is 0 Å². The molecule has 2 aromatic heterocycles. The molecule has 4 heterocycles. The molecule has 4 unspecified atom stereocenters. The predicted octanol–water partition coefficient (Wildman–Crippen LogP) is 4.23. The zero-order chi connectivity index (χ0) is 23.8. The standard InChI is InChI=1S/C24H29F3N6O/c1-13-5-6-33(12-13)24(34)31-16-4-2-3-15(8-16)30-23-20(27)9-19(26)21(32-23)18-11-29-22-17(18)7-14(25)10-28-22/h7,9-10,13,15-16,18H,2-6,8,11-12H2,1H3,(H,28,29)(H,30,32)(H,31,34). The van der Waals surface area contributed by atoms with Crippen molar-refractivity contribution in [1.29, 1.82) is 0 Å². The van der Waals surface area contributed by atoms with Gasteiger partial charge in [0.1, 0.15) is 17.5 Å². The van der Waals surface area contributed by atoms with Gasteiger partial charge in [0.15, 0.2) is 11.6 Å². The summed E-state index contributed by atoms with van der Waals surface area (Å²) in [5, 5.41) is 9.27. The van der Waals surface area contributed by atoms with Gasteiger partial charge in [0.05, 0.1) is 17.8 Å². The minimum Gasteiger partial charge on any atom is -0.369 e. The van der Waals surface area contributed by atoms with Crippen molar-refractivity contribution in [2.45, 2.75) is 57.0 Å². The highest BCUT2D eigenvalue weighted by molar-refractivity contribution is 5.74. The van der Waals surface area contributed by atoms with Crippen molar-refractivity contribution in [2.75, 3.05) is 30.3 Å². The van der Waals surface area contributed by atoms with Crippen LogP contribution in [-0.4, -0.2) is 52.6 Å². The zero-order valence-corrected chi connectivity index (χ0v) is 19.1. The number of hydrogen-bond acceptors (Lipinski definition) is 5. The van der Waals surface area contributed by atoms with Crippen LogP contribution >= 0.6 is 0 Å². The van der Waals surface area contributed by atoms with Crippen LogP contribution in [0.5, 0.6) is 0 Å². The maximum Gasteiger partial charge on any atom is 0.317 e. The van der Waals surface area contributed by atoms with Gasteiger partial charge in [0.2, 0.25) is 0 Å². The fourth-order valence-corrected chi connectivity index (χ4v) is 5.28. The molecule has 5 rings (SSSR count). The molecule has 0 aromatic carbocycles. The van der Waals surface area contributed by atoms with Gasteiger partial charge in [0, 0.05) is 43.3 Å². The summed E-state index contributed by atoms with van der Waals surface area (Å²) >= 11 is 0. The predicted molar refractivity (Wildman–Crippen MR) is 122 cm³/mol. The third-order valence-corrected chi connectivity index (χ3v) is 7.07. The Morgan fingerprint density at radius 1 is 1.15 bits per heavy atom. The van der Waals surface area contributed by atoms with Gasteiger partial charge in [-0.25, -0.2) is 27.9 Å². The first kappa shape index (κ1) is 22.7. The highest BCUT2D eigenvalue weighted by Gasteiger charge is 2.32. The van der Waals surface area contributed by atoms with E-state index in [1.54, 1.807) is 0 Å². The summed E-state index contributed by atoms with van der Waals surface area (Å²) in [5.74, 6) is -1.68. The van der Waals surface area contributed by atoms with Gasteiger partial charge in [-0.2, -0.15) is 0 Å². The van der Waals surface area contributed by atoms with Gasteiger partial charge >= 0.3 is 6.03 Å².